The van der Waals surface area contributed by atoms with Gasteiger partial charge in [0.2, 0.25) is 5.91 Å². The molecule has 0 radical (unpaired) electrons. The highest BCUT2D eigenvalue weighted by molar-refractivity contribution is 5.85. The van der Waals surface area contributed by atoms with Gasteiger partial charge in [-0.15, -0.1) is 0 Å². The number of nitrogens with zero attached hydrogens (tertiary/aromatic N) is 2. The van der Waals surface area contributed by atoms with E-state index in [1.54, 1.807) is 0 Å². The summed E-state index contributed by atoms with van der Waals surface area (Å²) in [5.41, 5.74) is 5.23. The van der Waals surface area contributed by atoms with Gasteiger partial charge in [-0.05, 0) is 72.3 Å². The van der Waals surface area contributed by atoms with Gasteiger partial charge in [0.1, 0.15) is 5.54 Å². The summed E-state index contributed by atoms with van der Waals surface area (Å²) in [6.45, 7) is 3.44. The molecule has 1 amide bonds. The molecule has 0 aromatic carbocycles. The molecule has 1 aliphatic heterocycles. The molecular weight excluding hydrogens is 264 g/mol. The summed E-state index contributed by atoms with van der Waals surface area (Å²) in [6, 6.07) is 0.680. The second-order valence-corrected chi connectivity index (χ2v) is 7.06. The first-order valence-corrected chi connectivity index (χ1v) is 8.37. The number of nitrogens with two attached hydrogens (primary N) is 1. The van der Waals surface area contributed by atoms with Gasteiger partial charge < -0.3 is 16.0 Å². The van der Waals surface area contributed by atoms with Crippen molar-refractivity contribution in [3.05, 3.63) is 0 Å². The Morgan fingerprint density at radius 2 is 2.14 bits per heavy atom. The van der Waals surface area contributed by atoms with E-state index in [1.807, 2.05) is 7.05 Å². The maximum Gasteiger partial charge on any atom is 0.238 e. The van der Waals surface area contributed by atoms with Gasteiger partial charge in [0.25, 0.3) is 0 Å². The molecule has 21 heavy (non-hydrogen) atoms. The minimum absolute atomic E-state index is 0.168. The third kappa shape index (κ3) is 3.58. The second kappa shape index (κ2) is 7.07. The molecule has 1 heterocycles. The highest BCUT2D eigenvalue weighted by atomic mass is 16.1. The summed E-state index contributed by atoms with van der Waals surface area (Å²) in [5.74, 6) is 0.222. The van der Waals surface area contributed by atoms with Crippen molar-refractivity contribution in [1.29, 1.82) is 0 Å². The average molecular weight is 296 g/mol. The quantitative estimate of drug-likeness (QED) is 0.724. The Morgan fingerprint density at radius 3 is 2.76 bits per heavy atom. The smallest absolute Gasteiger partial charge is 0.238 e. The SMILES string of the molecule is CNC1(C(N)=O)CCCC1CCN1CCCC1CN(C)C. The number of hydrogen-bond acceptors (Lipinski definition) is 4. The number of carbonyl (C=O) groups excluding carboxylic acids is 1. The maximum atomic E-state index is 11.9. The van der Waals surface area contributed by atoms with Gasteiger partial charge in [-0.3, -0.25) is 9.69 Å². The Balaban J connectivity index is 1.91. The topological polar surface area (TPSA) is 61.6 Å². The molecule has 5 heteroatoms. The van der Waals surface area contributed by atoms with E-state index in [2.05, 4.69) is 29.2 Å². The molecule has 2 rings (SSSR count). The van der Waals surface area contributed by atoms with Gasteiger partial charge in [0.15, 0.2) is 0 Å². The van der Waals surface area contributed by atoms with E-state index in [4.69, 9.17) is 5.73 Å². The van der Waals surface area contributed by atoms with Gasteiger partial charge in [0, 0.05) is 12.6 Å². The fourth-order valence-corrected chi connectivity index (χ4v) is 4.38. The van der Waals surface area contributed by atoms with E-state index in [-0.39, 0.29) is 5.91 Å². The van der Waals surface area contributed by atoms with E-state index >= 15 is 0 Å². The van der Waals surface area contributed by atoms with Crippen LogP contribution in [0.3, 0.4) is 0 Å². The Hall–Kier alpha value is -0.650. The molecule has 3 unspecified atom stereocenters. The van der Waals surface area contributed by atoms with Crippen LogP contribution in [-0.4, -0.2) is 68.1 Å². The van der Waals surface area contributed by atoms with Crippen LogP contribution in [-0.2, 0) is 4.79 Å². The van der Waals surface area contributed by atoms with Crippen LogP contribution in [0.4, 0.5) is 0 Å². The van der Waals surface area contributed by atoms with Crippen molar-refractivity contribution in [2.45, 2.75) is 50.1 Å². The zero-order valence-corrected chi connectivity index (χ0v) is 13.9. The van der Waals surface area contributed by atoms with Crippen molar-refractivity contribution >= 4 is 5.91 Å². The minimum atomic E-state index is -0.462. The fraction of sp³-hybridized carbons (Fsp3) is 0.938. The average Bonchev–Trinajstić information content (AvgIpc) is 3.02. The second-order valence-electron chi connectivity index (χ2n) is 7.06. The monoisotopic (exact) mass is 296 g/mol. The summed E-state index contributed by atoms with van der Waals surface area (Å²) < 4.78 is 0. The van der Waals surface area contributed by atoms with E-state index < -0.39 is 5.54 Å². The zero-order valence-electron chi connectivity index (χ0n) is 13.9. The Labute approximate surface area is 129 Å². The molecule has 0 aromatic heterocycles. The highest BCUT2D eigenvalue weighted by Gasteiger charge is 2.46. The summed E-state index contributed by atoms with van der Waals surface area (Å²) in [5, 5.41) is 3.24. The first kappa shape index (κ1) is 16.7. The number of carbonyl (C=O) groups is 1. The van der Waals surface area contributed by atoms with Crippen molar-refractivity contribution in [2.75, 3.05) is 40.8 Å². The molecule has 0 bridgehead atoms. The van der Waals surface area contributed by atoms with Crippen LogP contribution in [0.5, 0.6) is 0 Å². The van der Waals surface area contributed by atoms with Gasteiger partial charge in [-0.25, -0.2) is 0 Å². The van der Waals surface area contributed by atoms with Crippen LogP contribution < -0.4 is 11.1 Å². The fourth-order valence-electron chi connectivity index (χ4n) is 4.38. The number of amides is 1. The van der Waals surface area contributed by atoms with Crippen molar-refractivity contribution < 1.29 is 4.79 Å². The van der Waals surface area contributed by atoms with Crippen molar-refractivity contribution in [1.82, 2.24) is 15.1 Å². The van der Waals surface area contributed by atoms with E-state index in [0.717, 1.165) is 38.8 Å². The number of hydrogen-bond donors (Lipinski definition) is 2. The van der Waals surface area contributed by atoms with E-state index in [0.29, 0.717) is 12.0 Å². The summed E-state index contributed by atoms with van der Waals surface area (Å²) >= 11 is 0. The summed E-state index contributed by atoms with van der Waals surface area (Å²) in [6.07, 6.45) is 6.80. The molecule has 3 atom stereocenters. The molecular formula is C16H32N4O. The maximum absolute atomic E-state index is 11.9. The summed E-state index contributed by atoms with van der Waals surface area (Å²) in [4.78, 5) is 16.8. The van der Waals surface area contributed by atoms with Crippen LogP contribution >= 0.6 is 0 Å². The highest BCUT2D eigenvalue weighted by Crippen LogP contribution is 2.38. The lowest BCUT2D eigenvalue weighted by molar-refractivity contribution is -0.125. The normalized spacial score (nSPS) is 33.9. The molecule has 1 saturated heterocycles. The molecule has 5 nitrogen and oxygen atoms in total. The van der Waals surface area contributed by atoms with E-state index in [9.17, 15) is 4.79 Å². The van der Waals surface area contributed by atoms with Gasteiger partial charge >= 0.3 is 0 Å². The minimum Gasteiger partial charge on any atom is -0.368 e. The Morgan fingerprint density at radius 1 is 1.38 bits per heavy atom. The first-order valence-electron chi connectivity index (χ1n) is 8.37. The largest absolute Gasteiger partial charge is 0.368 e. The van der Waals surface area contributed by atoms with Crippen LogP contribution in [0.1, 0.15) is 38.5 Å². The lowest BCUT2D eigenvalue weighted by Gasteiger charge is -2.34. The molecule has 3 N–H and O–H groups in total. The lowest BCUT2D eigenvalue weighted by Crippen LogP contribution is -2.57. The first-order chi connectivity index (χ1) is 9.99. The molecule has 2 fully saturated rings. The number of likely N-dealkylation sites (tertiary alicyclic amines) is 1. The molecule has 122 valence electrons. The van der Waals surface area contributed by atoms with Crippen molar-refractivity contribution in [3.8, 4) is 0 Å². The van der Waals surface area contributed by atoms with Gasteiger partial charge in [-0.2, -0.15) is 0 Å². The Bertz CT molecular complexity index is 360. The standard InChI is InChI=1S/C16H32N4O/c1-18-16(15(17)21)9-4-6-13(16)8-11-20-10-5-7-14(20)12-19(2)3/h13-14,18H,4-12H2,1-3H3,(H2,17,21). The van der Waals surface area contributed by atoms with Crippen LogP contribution in [0, 0.1) is 5.92 Å². The zero-order chi connectivity index (χ0) is 15.5. The molecule has 2 aliphatic rings. The van der Waals surface area contributed by atoms with Gasteiger partial charge in [-0.1, -0.05) is 6.42 Å². The van der Waals surface area contributed by atoms with Crippen LogP contribution in [0.25, 0.3) is 0 Å². The number of likely N-dealkylation sites (N-methyl/N-ethyl adjacent to an activating group) is 2. The lowest BCUT2D eigenvalue weighted by atomic mass is 9.84. The molecule has 0 aromatic rings. The number of nitrogens with one attached hydrogen (secondary N) is 1. The van der Waals surface area contributed by atoms with Crippen LogP contribution in [0.15, 0.2) is 0 Å². The molecule has 1 saturated carbocycles. The Kier molecular flexibility index (Phi) is 5.63. The number of rotatable bonds is 7. The third-order valence-electron chi connectivity index (χ3n) is 5.55. The molecule has 0 spiro atoms. The van der Waals surface area contributed by atoms with Gasteiger partial charge in [0.05, 0.1) is 0 Å². The third-order valence-corrected chi connectivity index (χ3v) is 5.55. The predicted molar refractivity (Wildman–Crippen MR) is 86.1 cm³/mol. The molecule has 1 aliphatic carbocycles. The summed E-state index contributed by atoms with van der Waals surface area (Å²) in [7, 11) is 6.17. The van der Waals surface area contributed by atoms with Crippen LogP contribution in [0.2, 0.25) is 0 Å². The predicted octanol–water partition coefficient (Wildman–Crippen LogP) is 0.646. The van der Waals surface area contributed by atoms with Crippen molar-refractivity contribution in [2.24, 2.45) is 11.7 Å². The van der Waals surface area contributed by atoms with E-state index in [1.165, 1.54) is 19.4 Å². The number of primary amides is 1. The van der Waals surface area contributed by atoms with Crippen molar-refractivity contribution in [3.63, 3.8) is 0 Å².